The standard InChI is InChI=1S/C22H20N4OS/c1-16(18-9-5-11-23-13-18)24-22(27)19-15-26(14-17-7-3-2-4-8-17)25-21(19)20-10-6-12-28-20/h2-13,15-16H,14H2,1H3,(H,24,27)/t16-/m0/s1. The number of pyridine rings is 1. The third-order valence-corrected chi connectivity index (χ3v) is 5.36. The van der Waals surface area contributed by atoms with Gasteiger partial charge < -0.3 is 5.32 Å². The molecule has 6 heteroatoms. The number of aromatic nitrogens is 3. The van der Waals surface area contributed by atoms with E-state index in [0.29, 0.717) is 17.8 Å². The molecule has 5 nitrogen and oxygen atoms in total. The number of thiophene rings is 1. The van der Waals surface area contributed by atoms with Gasteiger partial charge >= 0.3 is 0 Å². The van der Waals surface area contributed by atoms with Crippen molar-refractivity contribution in [3.8, 4) is 10.6 Å². The first-order chi connectivity index (χ1) is 13.7. The predicted octanol–water partition coefficient (Wildman–Crippen LogP) is 4.55. The Morgan fingerprint density at radius 1 is 1.14 bits per heavy atom. The van der Waals surface area contributed by atoms with Gasteiger partial charge in [0.1, 0.15) is 5.69 Å². The van der Waals surface area contributed by atoms with E-state index in [0.717, 1.165) is 16.0 Å². The SMILES string of the molecule is C[C@H](NC(=O)c1cn(Cc2ccccc2)nc1-c1cccs1)c1cccnc1. The average molecular weight is 388 g/mol. The lowest BCUT2D eigenvalue weighted by Gasteiger charge is -2.13. The van der Waals surface area contributed by atoms with Crippen molar-refractivity contribution in [3.05, 3.63) is 95.3 Å². The average Bonchev–Trinajstić information content (AvgIpc) is 3.39. The minimum Gasteiger partial charge on any atom is -0.345 e. The van der Waals surface area contributed by atoms with Gasteiger partial charge in [0, 0.05) is 18.6 Å². The van der Waals surface area contributed by atoms with Crippen LogP contribution in [-0.4, -0.2) is 20.7 Å². The molecule has 0 aliphatic carbocycles. The van der Waals surface area contributed by atoms with Crippen LogP contribution in [0, 0.1) is 0 Å². The maximum absolute atomic E-state index is 13.0. The summed E-state index contributed by atoms with van der Waals surface area (Å²) >= 11 is 1.58. The summed E-state index contributed by atoms with van der Waals surface area (Å²) in [5.74, 6) is -0.140. The number of benzene rings is 1. The third kappa shape index (κ3) is 4.02. The fourth-order valence-electron chi connectivity index (χ4n) is 3.02. The van der Waals surface area contributed by atoms with E-state index in [2.05, 4.69) is 22.4 Å². The van der Waals surface area contributed by atoms with Crippen molar-refractivity contribution in [2.75, 3.05) is 0 Å². The van der Waals surface area contributed by atoms with Crippen LogP contribution in [0.4, 0.5) is 0 Å². The largest absolute Gasteiger partial charge is 0.345 e. The second-order valence-corrected chi connectivity index (χ2v) is 7.48. The Bertz CT molecular complexity index is 1040. The fraction of sp³-hybridized carbons (Fsp3) is 0.136. The molecule has 0 aliphatic rings. The maximum Gasteiger partial charge on any atom is 0.255 e. The lowest BCUT2D eigenvalue weighted by atomic mass is 10.1. The highest BCUT2D eigenvalue weighted by Gasteiger charge is 2.20. The second-order valence-electron chi connectivity index (χ2n) is 6.53. The number of hydrogen-bond donors (Lipinski definition) is 1. The highest BCUT2D eigenvalue weighted by Crippen LogP contribution is 2.27. The number of rotatable bonds is 6. The van der Waals surface area contributed by atoms with Crippen molar-refractivity contribution in [2.24, 2.45) is 0 Å². The zero-order chi connectivity index (χ0) is 19.3. The van der Waals surface area contributed by atoms with Gasteiger partial charge in [-0.1, -0.05) is 42.5 Å². The van der Waals surface area contributed by atoms with Gasteiger partial charge in [-0.2, -0.15) is 5.10 Å². The molecule has 1 aromatic carbocycles. The Balaban J connectivity index is 1.62. The van der Waals surface area contributed by atoms with Crippen LogP contribution in [0.5, 0.6) is 0 Å². The number of hydrogen-bond acceptors (Lipinski definition) is 4. The van der Waals surface area contributed by atoms with Gasteiger partial charge in [-0.3, -0.25) is 14.5 Å². The Hall–Kier alpha value is -3.25. The monoisotopic (exact) mass is 388 g/mol. The van der Waals surface area contributed by atoms with Crippen LogP contribution >= 0.6 is 11.3 Å². The molecule has 4 rings (SSSR count). The van der Waals surface area contributed by atoms with E-state index >= 15 is 0 Å². The van der Waals surface area contributed by atoms with Crippen LogP contribution in [-0.2, 0) is 6.54 Å². The van der Waals surface area contributed by atoms with Gasteiger partial charge in [0.25, 0.3) is 5.91 Å². The van der Waals surface area contributed by atoms with E-state index in [1.165, 1.54) is 0 Å². The molecule has 0 saturated heterocycles. The molecular weight excluding hydrogens is 368 g/mol. The van der Waals surface area contributed by atoms with Crippen LogP contribution in [0.2, 0.25) is 0 Å². The summed E-state index contributed by atoms with van der Waals surface area (Å²) in [6, 6.07) is 17.7. The maximum atomic E-state index is 13.0. The zero-order valence-corrected chi connectivity index (χ0v) is 16.3. The minimum atomic E-state index is -0.144. The van der Waals surface area contributed by atoms with Gasteiger partial charge in [0.15, 0.2) is 0 Å². The molecule has 0 spiro atoms. The van der Waals surface area contributed by atoms with Crippen LogP contribution in [0.1, 0.15) is 34.5 Å². The highest BCUT2D eigenvalue weighted by atomic mass is 32.1. The van der Waals surface area contributed by atoms with E-state index in [1.54, 1.807) is 23.7 Å². The van der Waals surface area contributed by atoms with Gasteiger partial charge in [0.05, 0.1) is 23.0 Å². The highest BCUT2D eigenvalue weighted by molar-refractivity contribution is 7.13. The molecule has 0 aliphatic heterocycles. The summed E-state index contributed by atoms with van der Waals surface area (Å²) in [4.78, 5) is 18.1. The molecule has 140 valence electrons. The molecule has 0 saturated carbocycles. The Kier molecular flexibility index (Phi) is 5.30. The molecular formula is C22H20N4OS. The normalized spacial score (nSPS) is 11.9. The van der Waals surface area contributed by atoms with E-state index in [4.69, 9.17) is 5.10 Å². The first-order valence-corrected chi connectivity index (χ1v) is 9.95. The number of nitrogens with one attached hydrogen (secondary N) is 1. The van der Waals surface area contributed by atoms with E-state index in [-0.39, 0.29) is 11.9 Å². The van der Waals surface area contributed by atoms with Crippen LogP contribution < -0.4 is 5.32 Å². The topological polar surface area (TPSA) is 59.8 Å². The van der Waals surface area contributed by atoms with Crippen molar-refractivity contribution >= 4 is 17.2 Å². The molecule has 0 bridgehead atoms. The molecule has 3 heterocycles. The van der Waals surface area contributed by atoms with Gasteiger partial charge in [-0.05, 0) is 35.6 Å². The molecule has 28 heavy (non-hydrogen) atoms. The van der Waals surface area contributed by atoms with Gasteiger partial charge in [-0.25, -0.2) is 0 Å². The molecule has 4 aromatic rings. The Labute approximate surface area is 167 Å². The summed E-state index contributed by atoms with van der Waals surface area (Å²) in [5.41, 5.74) is 3.39. The lowest BCUT2D eigenvalue weighted by Crippen LogP contribution is -2.26. The summed E-state index contributed by atoms with van der Waals surface area (Å²) in [6.07, 6.45) is 5.32. The fourth-order valence-corrected chi connectivity index (χ4v) is 3.75. The number of carbonyl (C=O) groups excluding carboxylic acids is 1. The molecule has 3 aromatic heterocycles. The van der Waals surface area contributed by atoms with Gasteiger partial charge in [-0.15, -0.1) is 11.3 Å². The first-order valence-electron chi connectivity index (χ1n) is 9.07. The number of nitrogens with zero attached hydrogens (tertiary/aromatic N) is 3. The molecule has 0 unspecified atom stereocenters. The molecule has 1 atom stereocenters. The van der Waals surface area contributed by atoms with Crippen molar-refractivity contribution < 1.29 is 4.79 Å². The smallest absolute Gasteiger partial charge is 0.255 e. The van der Waals surface area contributed by atoms with Crippen LogP contribution in [0.15, 0.2) is 78.6 Å². The summed E-state index contributed by atoms with van der Waals surface area (Å²) in [7, 11) is 0. The molecule has 1 N–H and O–H groups in total. The van der Waals surface area contributed by atoms with Crippen molar-refractivity contribution in [1.82, 2.24) is 20.1 Å². The Morgan fingerprint density at radius 2 is 2.00 bits per heavy atom. The first kappa shape index (κ1) is 18.1. The summed E-state index contributed by atoms with van der Waals surface area (Å²) < 4.78 is 1.83. The van der Waals surface area contributed by atoms with E-state index < -0.39 is 0 Å². The van der Waals surface area contributed by atoms with E-state index in [1.807, 2.05) is 65.6 Å². The number of carbonyl (C=O) groups is 1. The van der Waals surface area contributed by atoms with Crippen molar-refractivity contribution in [3.63, 3.8) is 0 Å². The predicted molar refractivity (Wildman–Crippen MR) is 111 cm³/mol. The second kappa shape index (κ2) is 8.19. The quantitative estimate of drug-likeness (QED) is 0.527. The Morgan fingerprint density at radius 3 is 2.71 bits per heavy atom. The molecule has 0 fully saturated rings. The molecule has 0 radical (unpaired) electrons. The van der Waals surface area contributed by atoms with Crippen LogP contribution in [0.25, 0.3) is 10.6 Å². The summed E-state index contributed by atoms with van der Waals surface area (Å²) in [6.45, 7) is 2.57. The number of amides is 1. The lowest BCUT2D eigenvalue weighted by molar-refractivity contribution is 0.0940. The van der Waals surface area contributed by atoms with Gasteiger partial charge in [0.2, 0.25) is 0 Å². The summed E-state index contributed by atoms with van der Waals surface area (Å²) in [5, 5.41) is 9.76. The van der Waals surface area contributed by atoms with E-state index in [9.17, 15) is 4.79 Å². The van der Waals surface area contributed by atoms with Crippen molar-refractivity contribution in [2.45, 2.75) is 19.5 Å². The van der Waals surface area contributed by atoms with Crippen LogP contribution in [0.3, 0.4) is 0 Å². The minimum absolute atomic E-state index is 0.140. The molecule has 1 amide bonds. The van der Waals surface area contributed by atoms with Crippen molar-refractivity contribution in [1.29, 1.82) is 0 Å². The third-order valence-electron chi connectivity index (χ3n) is 4.48. The zero-order valence-electron chi connectivity index (χ0n) is 15.4.